The Kier molecular flexibility index (Phi) is 5.28. The smallest absolute Gasteiger partial charge is 0.411 e. The lowest BCUT2D eigenvalue weighted by Crippen LogP contribution is -2.53. The third-order valence-electron chi connectivity index (χ3n) is 5.06. The first-order chi connectivity index (χ1) is 14.3. The number of rotatable bonds is 4. The Labute approximate surface area is 175 Å². The average molecular weight is 410 g/mol. The van der Waals surface area contributed by atoms with Gasteiger partial charge >= 0.3 is 12.1 Å². The molecule has 7 nitrogen and oxygen atoms in total. The number of ether oxygens (including phenoxy) is 3. The molecule has 0 radical (unpaired) electrons. The summed E-state index contributed by atoms with van der Waals surface area (Å²) in [4.78, 5) is 27.6. The van der Waals surface area contributed by atoms with Gasteiger partial charge in [0.1, 0.15) is 24.4 Å². The standard InChI is InChI=1S/C23H26N2O5/c1-23(2,3)30-21(26)19-17(24-22(27)29-13-15-7-5-4-6-8-15)9-10-18-20(19)28-14-16-11-12-25(16)18/h4-10,16H,11-14H2,1-3H3,(H,24,27). The van der Waals surface area contributed by atoms with Crippen LogP contribution in [0.25, 0.3) is 0 Å². The lowest BCUT2D eigenvalue weighted by atomic mass is 9.98. The number of benzene rings is 2. The van der Waals surface area contributed by atoms with E-state index in [-0.39, 0.29) is 12.2 Å². The van der Waals surface area contributed by atoms with Crippen molar-refractivity contribution in [2.75, 3.05) is 23.4 Å². The van der Waals surface area contributed by atoms with Crippen molar-refractivity contribution in [1.29, 1.82) is 0 Å². The molecule has 2 aliphatic rings. The van der Waals surface area contributed by atoms with Crippen molar-refractivity contribution in [3.8, 4) is 5.75 Å². The molecular weight excluding hydrogens is 384 g/mol. The molecule has 2 aliphatic heterocycles. The number of esters is 1. The summed E-state index contributed by atoms with van der Waals surface area (Å²) in [6.45, 7) is 6.95. The summed E-state index contributed by atoms with van der Waals surface area (Å²) in [6, 6.07) is 13.3. The summed E-state index contributed by atoms with van der Waals surface area (Å²) < 4.78 is 16.8. The van der Waals surface area contributed by atoms with Crippen LogP contribution in [-0.2, 0) is 16.1 Å². The van der Waals surface area contributed by atoms with Crippen molar-refractivity contribution in [1.82, 2.24) is 0 Å². The van der Waals surface area contributed by atoms with E-state index in [1.165, 1.54) is 0 Å². The molecule has 0 spiro atoms. The van der Waals surface area contributed by atoms with Crippen LogP contribution in [0.5, 0.6) is 5.75 Å². The highest BCUT2D eigenvalue weighted by Crippen LogP contribution is 2.44. The van der Waals surface area contributed by atoms with Crippen LogP contribution < -0.4 is 15.0 Å². The first-order valence-corrected chi connectivity index (χ1v) is 10.1. The van der Waals surface area contributed by atoms with Gasteiger partial charge in [-0.1, -0.05) is 30.3 Å². The third kappa shape index (κ3) is 4.20. The molecule has 1 amide bonds. The average Bonchev–Trinajstić information content (AvgIpc) is 2.66. The molecule has 2 aromatic carbocycles. The van der Waals surface area contributed by atoms with Crippen LogP contribution in [0.15, 0.2) is 42.5 Å². The second kappa shape index (κ2) is 7.89. The monoisotopic (exact) mass is 410 g/mol. The van der Waals surface area contributed by atoms with Gasteiger partial charge in [0.2, 0.25) is 0 Å². The fourth-order valence-corrected chi connectivity index (χ4v) is 3.56. The van der Waals surface area contributed by atoms with Crippen molar-refractivity contribution in [2.24, 2.45) is 0 Å². The topological polar surface area (TPSA) is 77.1 Å². The second-order valence-electron chi connectivity index (χ2n) is 8.47. The molecule has 0 saturated carbocycles. The SMILES string of the molecule is CC(C)(C)OC(=O)c1c(NC(=O)OCc2ccccc2)ccc2c1OCC1CCN21. The zero-order valence-corrected chi connectivity index (χ0v) is 17.4. The fourth-order valence-electron chi connectivity index (χ4n) is 3.56. The van der Waals surface area contributed by atoms with Gasteiger partial charge in [-0.25, -0.2) is 9.59 Å². The maximum atomic E-state index is 13.0. The quantitative estimate of drug-likeness (QED) is 0.755. The van der Waals surface area contributed by atoms with Gasteiger partial charge < -0.3 is 19.1 Å². The first-order valence-electron chi connectivity index (χ1n) is 10.1. The van der Waals surface area contributed by atoms with Crippen LogP contribution in [0.1, 0.15) is 43.1 Å². The van der Waals surface area contributed by atoms with Gasteiger partial charge in [-0.3, -0.25) is 5.32 Å². The minimum Gasteiger partial charge on any atom is -0.488 e. The lowest BCUT2D eigenvalue weighted by molar-refractivity contribution is 0.00660. The molecule has 1 saturated heterocycles. The normalized spacial score (nSPS) is 17.0. The maximum absolute atomic E-state index is 13.0. The summed E-state index contributed by atoms with van der Waals surface area (Å²) in [5.41, 5.74) is 1.56. The molecule has 1 fully saturated rings. The Morgan fingerprint density at radius 2 is 1.93 bits per heavy atom. The molecule has 1 atom stereocenters. The number of amides is 1. The van der Waals surface area contributed by atoms with E-state index < -0.39 is 17.7 Å². The molecule has 2 heterocycles. The molecule has 158 valence electrons. The van der Waals surface area contributed by atoms with Gasteiger partial charge in [0.15, 0.2) is 5.75 Å². The predicted molar refractivity (Wildman–Crippen MR) is 113 cm³/mol. The highest BCUT2D eigenvalue weighted by Gasteiger charge is 2.38. The number of hydrogen-bond donors (Lipinski definition) is 1. The third-order valence-corrected chi connectivity index (χ3v) is 5.06. The van der Waals surface area contributed by atoms with Crippen molar-refractivity contribution < 1.29 is 23.8 Å². The van der Waals surface area contributed by atoms with Crippen LogP contribution in [-0.4, -0.2) is 36.9 Å². The first kappa shape index (κ1) is 20.1. The van der Waals surface area contributed by atoms with Crippen LogP contribution in [0.2, 0.25) is 0 Å². The molecule has 2 aromatic rings. The Balaban J connectivity index is 1.58. The Morgan fingerprint density at radius 3 is 2.60 bits per heavy atom. The summed E-state index contributed by atoms with van der Waals surface area (Å²) >= 11 is 0. The van der Waals surface area contributed by atoms with Crippen molar-refractivity contribution in [3.05, 3.63) is 53.6 Å². The van der Waals surface area contributed by atoms with Gasteiger partial charge in [-0.2, -0.15) is 0 Å². The van der Waals surface area contributed by atoms with Gasteiger partial charge in [0.05, 0.1) is 17.4 Å². The highest BCUT2D eigenvalue weighted by molar-refractivity contribution is 6.04. The fraction of sp³-hybridized carbons (Fsp3) is 0.391. The zero-order chi connectivity index (χ0) is 21.3. The van der Waals surface area contributed by atoms with E-state index in [1.807, 2.05) is 36.4 Å². The molecule has 1 unspecified atom stereocenters. The van der Waals surface area contributed by atoms with Crippen molar-refractivity contribution in [3.63, 3.8) is 0 Å². The molecule has 0 aromatic heterocycles. The van der Waals surface area contributed by atoms with Crippen molar-refractivity contribution >= 4 is 23.4 Å². The van der Waals surface area contributed by atoms with E-state index in [4.69, 9.17) is 14.2 Å². The molecule has 0 aliphatic carbocycles. The minimum absolute atomic E-state index is 0.130. The Morgan fingerprint density at radius 1 is 1.17 bits per heavy atom. The second-order valence-corrected chi connectivity index (χ2v) is 8.47. The van der Waals surface area contributed by atoms with Crippen LogP contribution in [0.3, 0.4) is 0 Å². The molecule has 7 heteroatoms. The van der Waals surface area contributed by atoms with Gasteiger partial charge in [0, 0.05) is 6.54 Å². The molecular formula is C23H26N2O5. The number of anilines is 2. The van der Waals surface area contributed by atoms with E-state index in [0.717, 1.165) is 24.2 Å². The highest BCUT2D eigenvalue weighted by atomic mass is 16.6. The minimum atomic E-state index is -0.682. The summed E-state index contributed by atoms with van der Waals surface area (Å²) in [5, 5.41) is 2.68. The number of carbonyl (C=O) groups is 2. The predicted octanol–water partition coefficient (Wildman–Crippen LogP) is 4.36. The number of nitrogens with one attached hydrogen (secondary N) is 1. The Hall–Kier alpha value is -3.22. The van der Waals surface area contributed by atoms with E-state index in [1.54, 1.807) is 26.8 Å². The van der Waals surface area contributed by atoms with E-state index in [0.29, 0.717) is 24.1 Å². The van der Waals surface area contributed by atoms with Gasteiger partial charge in [-0.15, -0.1) is 0 Å². The van der Waals surface area contributed by atoms with Crippen LogP contribution in [0.4, 0.5) is 16.2 Å². The number of hydrogen-bond acceptors (Lipinski definition) is 6. The molecule has 0 bridgehead atoms. The molecule has 30 heavy (non-hydrogen) atoms. The van der Waals surface area contributed by atoms with E-state index in [9.17, 15) is 9.59 Å². The van der Waals surface area contributed by atoms with Crippen LogP contribution >= 0.6 is 0 Å². The molecule has 1 N–H and O–H groups in total. The zero-order valence-electron chi connectivity index (χ0n) is 17.4. The number of carbonyl (C=O) groups excluding carboxylic acids is 2. The van der Waals surface area contributed by atoms with E-state index >= 15 is 0 Å². The largest absolute Gasteiger partial charge is 0.488 e. The van der Waals surface area contributed by atoms with Gasteiger partial charge in [0.25, 0.3) is 0 Å². The Bertz CT molecular complexity index is 952. The van der Waals surface area contributed by atoms with Crippen molar-refractivity contribution in [2.45, 2.75) is 45.4 Å². The summed E-state index contributed by atoms with van der Waals surface area (Å²) in [7, 11) is 0. The number of fused-ring (bicyclic) bond motifs is 3. The maximum Gasteiger partial charge on any atom is 0.411 e. The molecule has 4 rings (SSSR count). The summed E-state index contributed by atoms with van der Waals surface area (Å²) in [5.74, 6) is -0.0993. The summed E-state index contributed by atoms with van der Waals surface area (Å²) in [6.07, 6.45) is 0.411. The van der Waals surface area contributed by atoms with Gasteiger partial charge in [-0.05, 0) is 44.9 Å². The van der Waals surface area contributed by atoms with Crippen LogP contribution in [0, 0.1) is 0 Å². The number of nitrogens with zero attached hydrogens (tertiary/aromatic N) is 1. The van der Waals surface area contributed by atoms with E-state index in [2.05, 4.69) is 10.2 Å². The lowest BCUT2D eigenvalue weighted by Gasteiger charge is -2.47.